The second-order valence-electron chi connectivity index (χ2n) is 12.2. The topological polar surface area (TPSA) is 71.1 Å². The molecule has 0 amide bonds. The minimum Gasteiger partial charge on any atom is -0.493 e. The van der Waals surface area contributed by atoms with Crippen LogP contribution in [0.5, 0.6) is 11.5 Å². The molecule has 2 saturated carbocycles. The highest BCUT2D eigenvalue weighted by molar-refractivity contribution is 5.77. The second-order valence-corrected chi connectivity index (χ2v) is 12.2. The number of esters is 2. The summed E-state index contributed by atoms with van der Waals surface area (Å²) in [5, 5.41) is 0. The van der Waals surface area contributed by atoms with E-state index in [9.17, 15) is 9.59 Å². The van der Waals surface area contributed by atoms with Crippen molar-refractivity contribution in [3.8, 4) is 22.6 Å². The number of carbonyl (C=O) groups is 2. The van der Waals surface area contributed by atoms with E-state index in [0.717, 1.165) is 72.6 Å². The van der Waals surface area contributed by atoms with Crippen LogP contribution in [-0.4, -0.2) is 39.4 Å². The number of hydrogen-bond donors (Lipinski definition) is 0. The lowest BCUT2D eigenvalue weighted by atomic mass is 9.90. The molecule has 0 atom stereocenters. The van der Waals surface area contributed by atoms with Gasteiger partial charge in [-0.25, -0.2) is 0 Å². The van der Waals surface area contributed by atoms with Crippen LogP contribution in [0.3, 0.4) is 0 Å². The molecule has 2 aliphatic rings. The normalized spacial score (nSPS) is 16.1. The monoisotopic (exact) mass is 578 g/mol. The highest BCUT2D eigenvalue weighted by Gasteiger charge is 2.20. The summed E-state index contributed by atoms with van der Waals surface area (Å²) >= 11 is 0. The zero-order valence-corrected chi connectivity index (χ0v) is 25.8. The highest BCUT2D eigenvalue weighted by Crippen LogP contribution is 2.40. The Morgan fingerprint density at radius 2 is 1.02 bits per heavy atom. The lowest BCUT2D eigenvalue weighted by Gasteiger charge is -2.24. The number of ether oxygens (including phenoxy) is 4. The molecular weight excluding hydrogens is 528 g/mol. The molecule has 4 rings (SSSR count). The molecule has 0 bridgehead atoms. The highest BCUT2D eigenvalue weighted by atomic mass is 16.5. The largest absolute Gasteiger partial charge is 0.493 e. The summed E-state index contributed by atoms with van der Waals surface area (Å²) in [5.41, 5.74) is 4.39. The molecule has 2 aliphatic carbocycles. The average molecular weight is 579 g/mol. The van der Waals surface area contributed by atoms with Crippen LogP contribution in [0.2, 0.25) is 0 Å². The Hall–Kier alpha value is -3.02. The molecule has 42 heavy (non-hydrogen) atoms. The summed E-state index contributed by atoms with van der Waals surface area (Å²) in [7, 11) is 2.87. The summed E-state index contributed by atoms with van der Waals surface area (Å²) < 4.78 is 22.8. The number of methoxy groups -OCH3 is 2. The van der Waals surface area contributed by atoms with E-state index in [2.05, 4.69) is 36.4 Å². The van der Waals surface area contributed by atoms with E-state index in [1.165, 1.54) is 78.4 Å². The van der Waals surface area contributed by atoms with Gasteiger partial charge in [-0.15, -0.1) is 0 Å². The molecule has 0 spiro atoms. The first kappa shape index (κ1) is 31.9. The SMILES string of the molecule is COC(=O)CCCc1ccc(OCC2CCCCC2)c(-c2cc(CCCC(=O)OC)ccc2OCC2CCCCC2)c1. The molecule has 0 heterocycles. The fourth-order valence-corrected chi connectivity index (χ4v) is 6.34. The van der Waals surface area contributed by atoms with E-state index in [1.807, 2.05) is 0 Å². The number of aryl methyl sites for hydroxylation is 2. The van der Waals surface area contributed by atoms with Gasteiger partial charge in [-0.3, -0.25) is 9.59 Å². The summed E-state index contributed by atoms with van der Waals surface area (Å²) in [6.07, 6.45) is 16.5. The lowest BCUT2D eigenvalue weighted by Crippen LogP contribution is -2.16. The van der Waals surface area contributed by atoms with Crippen LogP contribution in [0.15, 0.2) is 36.4 Å². The fraction of sp³-hybridized carbons (Fsp3) is 0.611. The zero-order chi connectivity index (χ0) is 29.6. The lowest BCUT2D eigenvalue weighted by molar-refractivity contribution is -0.141. The Morgan fingerprint density at radius 3 is 1.40 bits per heavy atom. The van der Waals surface area contributed by atoms with Crippen LogP contribution in [0.1, 0.15) is 101 Å². The molecule has 2 aromatic carbocycles. The second kappa shape index (κ2) is 17.2. The quantitative estimate of drug-likeness (QED) is 0.198. The summed E-state index contributed by atoms with van der Waals surface area (Å²) in [6, 6.07) is 12.9. The third-order valence-electron chi connectivity index (χ3n) is 8.92. The fourth-order valence-electron chi connectivity index (χ4n) is 6.34. The van der Waals surface area contributed by atoms with E-state index in [1.54, 1.807) is 0 Å². The van der Waals surface area contributed by atoms with Crippen LogP contribution < -0.4 is 9.47 Å². The van der Waals surface area contributed by atoms with Gasteiger partial charge in [0.15, 0.2) is 0 Å². The van der Waals surface area contributed by atoms with E-state index < -0.39 is 0 Å². The Balaban J connectivity index is 1.62. The van der Waals surface area contributed by atoms with Gasteiger partial charge in [-0.2, -0.15) is 0 Å². The first-order chi connectivity index (χ1) is 20.6. The van der Waals surface area contributed by atoms with E-state index in [4.69, 9.17) is 18.9 Å². The summed E-state index contributed by atoms with van der Waals surface area (Å²) in [6.45, 7) is 1.46. The first-order valence-corrected chi connectivity index (χ1v) is 16.2. The van der Waals surface area contributed by atoms with Crippen LogP contribution in [0.4, 0.5) is 0 Å². The molecule has 230 valence electrons. The van der Waals surface area contributed by atoms with Crippen molar-refractivity contribution in [1.82, 2.24) is 0 Å². The number of rotatable bonds is 15. The van der Waals surface area contributed by atoms with Gasteiger partial charge >= 0.3 is 11.9 Å². The minimum atomic E-state index is -0.180. The van der Waals surface area contributed by atoms with Crippen LogP contribution in [0, 0.1) is 11.8 Å². The average Bonchev–Trinajstić information content (AvgIpc) is 3.04. The maximum absolute atomic E-state index is 11.7. The Bertz CT molecular complexity index is 1040. The molecule has 0 aliphatic heterocycles. The summed E-state index contributed by atoms with van der Waals surface area (Å²) in [5.74, 6) is 2.59. The molecule has 0 radical (unpaired) electrons. The predicted molar refractivity (Wildman–Crippen MR) is 166 cm³/mol. The van der Waals surface area contributed by atoms with Crippen molar-refractivity contribution >= 4 is 11.9 Å². The Labute approximate surface area is 252 Å². The smallest absolute Gasteiger partial charge is 0.305 e. The van der Waals surface area contributed by atoms with Crippen molar-refractivity contribution in [1.29, 1.82) is 0 Å². The molecule has 0 N–H and O–H groups in total. The van der Waals surface area contributed by atoms with Gasteiger partial charge in [0.1, 0.15) is 11.5 Å². The minimum absolute atomic E-state index is 0.180. The number of hydrogen-bond acceptors (Lipinski definition) is 6. The van der Waals surface area contributed by atoms with Gasteiger partial charge < -0.3 is 18.9 Å². The third-order valence-corrected chi connectivity index (χ3v) is 8.92. The molecule has 0 saturated heterocycles. The van der Waals surface area contributed by atoms with Crippen molar-refractivity contribution < 1.29 is 28.5 Å². The first-order valence-electron chi connectivity index (χ1n) is 16.2. The van der Waals surface area contributed by atoms with Gasteiger partial charge in [0, 0.05) is 24.0 Å². The van der Waals surface area contributed by atoms with Gasteiger partial charge in [-0.1, -0.05) is 50.7 Å². The van der Waals surface area contributed by atoms with Crippen LogP contribution in [0.25, 0.3) is 11.1 Å². The standard InChI is InChI=1S/C36H50O6/c1-39-35(37)17-9-15-27-19-21-33(41-25-29-11-5-3-6-12-29)31(23-27)32-24-28(16-10-18-36(38)40-2)20-22-34(32)42-26-30-13-7-4-8-14-30/h19-24,29-30H,3-18,25-26H2,1-2H3. The van der Waals surface area contributed by atoms with Crippen LogP contribution in [-0.2, 0) is 31.9 Å². The predicted octanol–water partition coefficient (Wildman–Crippen LogP) is 8.26. The van der Waals surface area contributed by atoms with Gasteiger partial charge in [0.2, 0.25) is 0 Å². The maximum atomic E-state index is 11.7. The number of benzene rings is 2. The molecule has 0 unspecified atom stereocenters. The van der Waals surface area contributed by atoms with E-state index in [-0.39, 0.29) is 11.9 Å². The molecule has 6 heteroatoms. The van der Waals surface area contributed by atoms with Crippen molar-refractivity contribution in [2.75, 3.05) is 27.4 Å². The maximum Gasteiger partial charge on any atom is 0.305 e. The van der Waals surface area contributed by atoms with Gasteiger partial charge in [0.05, 0.1) is 27.4 Å². The summed E-state index contributed by atoms with van der Waals surface area (Å²) in [4.78, 5) is 23.4. The van der Waals surface area contributed by atoms with Crippen molar-refractivity contribution in [3.05, 3.63) is 47.5 Å². The third kappa shape index (κ3) is 10.1. The van der Waals surface area contributed by atoms with E-state index >= 15 is 0 Å². The van der Waals surface area contributed by atoms with Crippen molar-refractivity contribution in [2.45, 2.75) is 103 Å². The van der Waals surface area contributed by atoms with Crippen molar-refractivity contribution in [3.63, 3.8) is 0 Å². The molecule has 2 aromatic rings. The molecule has 0 aromatic heterocycles. The van der Waals surface area contributed by atoms with Gasteiger partial charge in [-0.05, 0) is 98.6 Å². The number of carbonyl (C=O) groups excluding carboxylic acids is 2. The van der Waals surface area contributed by atoms with Crippen LogP contribution >= 0.6 is 0 Å². The zero-order valence-electron chi connectivity index (χ0n) is 25.8. The molecule has 2 fully saturated rings. The van der Waals surface area contributed by atoms with E-state index in [0.29, 0.717) is 24.7 Å². The Kier molecular flexibility index (Phi) is 13.1. The van der Waals surface area contributed by atoms with Crippen molar-refractivity contribution in [2.24, 2.45) is 11.8 Å². The molecule has 6 nitrogen and oxygen atoms in total. The van der Waals surface area contributed by atoms with Gasteiger partial charge in [0.25, 0.3) is 0 Å². The Morgan fingerprint density at radius 1 is 0.619 bits per heavy atom. The molecular formula is C36H50O6.